The summed E-state index contributed by atoms with van der Waals surface area (Å²) < 4.78 is 40.6. The van der Waals surface area contributed by atoms with E-state index in [0.717, 1.165) is 24.3 Å². The van der Waals surface area contributed by atoms with E-state index in [2.05, 4.69) is 25.8 Å². The summed E-state index contributed by atoms with van der Waals surface area (Å²) in [5.74, 6) is -3.90. The van der Waals surface area contributed by atoms with Crippen LogP contribution in [0.5, 0.6) is 5.75 Å². The number of halogens is 3. The van der Waals surface area contributed by atoms with Crippen LogP contribution in [0.2, 0.25) is 0 Å². The summed E-state index contributed by atoms with van der Waals surface area (Å²) in [6, 6.07) is 4.95. The molecule has 1 heterocycles. The van der Waals surface area contributed by atoms with Crippen molar-refractivity contribution in [2.75, 3.05) is 11.9 Å². The third-order valence-corrected chi connectivity index (χ3v) is 3.79. The molecule has 10 heteroatoms. The lowest BCUT2D eigenvalue weighted by Gasteiger charge is -2.10. The number of aliphatic imine (C=N–C) groups is 1. The molecule has 1 aromatic heterocycles. The van der Waals surface area contributed by atoms with Gasteiger partial charge < -0.3 is 10.4 Å². The second-order valence-electron chi connectivity index (χ2n) is 5.83. The monoisotopic (exact) mass is 391 g/mol. The Hall–Kier alpha value is -3.56. The number of phenolic OH excluding ortho intramolecular Hbond substituents is 1. The van der Waals surface area contributed by atoms with Crippen molar-refractivity contribution in [2.24, 2.45) is 4.99 Å². The van der Waals surface area contributed by atoms with E-state index in [1.807, 2.05) is 6.92 Å². The maximum absolute atomic E-state index is 14.2. The topological polar surface area (TPSA) is 102 Å². The number of nitrogens with one attached hydrogen (secondary N) is 3. The number of guanidine groups is 1. The summed E-state index contributed by atoms with van der Waals surface area (Å²) >= 11 is 0. The fourth-order valence-electron chi connectivity index (χ4n) is 2.43. The largest absolute Gasteiger partial charge is 0.506 e. The van der Waals surface area contributed by atoms with Gasteiger partial charge in [0.1, 0.15) is 17.1 Å². The number of anilines is 1. The van der Waals surface area contributed by atoms with Gasteiger partial charge in [0.05, 0.1) is 5.39 Å². The Bertz CT molecular complexity index is 1060. The molecule has 28 heavy (non-hydrogen) atoms. The summed E-state index contributed by atoms with van der Waals surface area (Å²) in [6.07, 6.45) is 0.655. The van der Waals surface area contributed by atoms with Crippen molar-refractivity contribution in [1.29, 1.82) is 0 Å². The molecule has 0 aliphatic carbocycles. The summed E-state index contributed by atoms with van der Waals surface area (Å²) in [6.45, 7) is 2.19. The van der Waals surface area contributed by atoms with Gasteiger partial charge in [-0.05, 0) is 36.8 Å². The van der Waals surface area contributed by atoms with Gasteiger partial charge in [0.15, 0.2) is 17.5 Å². The Kier molecular flexibility index (Phi) is 5.48. The number of hydrogen-bond acceptors (Lipinski definition) is 4. The third-order valence-electron chi connectivity index (χ3n) is 3.79. The van der Waals surface area contributed by atoms with E-state index < -0.39 is 23.4 Å². The minimum Gasteiger partial charge on any atom is -0.506 e. The molecule has 0 spiro atoms. The molecule has 0 saturated heterocycles. The summed E-state index contributed by atoms with van der Waals surface area (Å²) in [7, 11) is 0. The normalized spacial score (nSPS) is 11.6. The number of amides is 1. The third kappa shape index (κ3) is 3.90. The number of aromatic hydroxyl groups is 1. The minimum absolute atomic E-state index is 0.0103. The van der Waals surface area contributed by atoms with Gasteiger partial charge in [-0.3, -0.25) is 20.2 Å². The van der Waals surface area contributed by atoms with E-state index in [0.29, 0.717) is 13.0 Å². The minimum atomic E-state index is -1.16. The standard InChI is InChI=1S/C18H16F3N5O2/c1-2-7-22-18(24-17(28)9-3-4-10(19)12(21)8-9)23-16-14-11(20)5-6-13(27)15(14)25-26-16/h3-6,8,27H,2,7H2,1H3,(H3,22,23,24,25,26,28). The van der Waals surface area contributed by atoms with Crippen molar-refractivity contribution in [3.05, 3.63) is 53.3 Å². The van der Waals surface area contributed by atoms with E-state index in [4.69, 9.17) is 0 Å². The number of carbonyl (C=O) groups excluding carboxylic acids is 1. The van der Waals surface area contributed by atoms with Crippen LogP contribution < -0.4 is 10.6 Å². The lowest BCUT2D eigenvalue weighted by Crippen LogP contribution is -2.36. The Morgan fingerprint density at radius 3 is 2.64 bits per heavy atom. The number of aromatic amines is 1. The number of phenols is 1. The van der Waals surface area contributed by atoms with Crippen LogP contribution in [0, 0.1) is 17.5 Å². The highest BCUT2D eigenvalue weighted by Crippen LogP contribution is 2.30. The number of hydrogen-bond donors (Lipinski definition) is 4. The highest BCUT2D eigenvalue weighted by atomic mass is 19.2. The highest BCUT2D eigenvalue weighted by molar-refractivity contribution is 6.11. The summed E-state index contributed by atoms with van der Waals surface area (Å²) in [5, 5.41) is 21.3. The Morgan fingerprint density at radius 1 is 1.18 bits per heavy atom. The summed E-state index contributed by atoms with van der Waals surface area (Å²) in [4.78, 5) is 16.5. The number of nitrogens with zero attached hydrogens (tertiary/aromatic N) is 2. The number of fused-ring (bicyclic) bond motifs is 1. The van der Waals surface area contributed by atoms with Crippen LogP contribution >= 0.6 is 0 Å². The number of aromatic nitrogens is 2. The van der Waals surface area contributed by atoms with Crippen LogP contribution in [-0.4, -0.2) is 33.7 Å². The molecule has 1 amide bonds. The molecule has 146 valence electrons. The highest BCUT2D eigenvalue weighted by Gasteiger charge is 2.17. The van der Waals surface area contributed by atoms with Crippen molar-refractivity contribution in [1.82, 2.24) is 15.5 Å². The van der Waals surface area contributed by atoms with Crippen molar-refractivity contribution in [3.8, 4) is 5.75 Å². The zero-order valence-corrected chi connectivity index (χ0v) is 14.7. The van der Waals surface area contributed by atoms with Gasteiger partial charge in [-0.2, -0.15) is 5.10 Å². The number of rotatable bonds is 4. The van der Waals surface area contributed by atoms with Gasteiger partial charge in [0, 0.05) is 12.1 Å². The number of H-pyrrole nitrogens is 1. The smallest absolute Gasteiger partial charge is 0.258 e. The van der Waals surface area contributed by atoms with Crippen LogP contribution in [0.3, 0.4) is 0 Å². The molecule has 7 nitrogen and oxygen atoms in total. The number of carbonyl (C=O) groups is 1. The maximum Gasteiger partial charge on any atom is 0.258 e. The predicted octanol–water partition coefficient (Wildman–Crippen LogP) is 3.29. The first kappa shape index (κ1) is 19.2. The molecule has 3 rings (SSSR count). The SMILES string of the molecule is CCCN=C(NC(=O)c1ccc(F)c(F)c1)Nc1n[nH]c2c(O)ccc(F)c12. The van der Waals surface area contributed by atoms with Gasteiger partial charge in [0.2, 0.25) is 5.96 Å². The van der Waals surface area contributed by atoms with Crippen LogP contribution in [-0.2, 0) is 0 Å². The molecule has 0 aliphatic heterocycles. The van der Waals surface area contributed by atoms with E-state index in [1.165, 1.54) is 6.07 Å². The average molecular weight is 391 g/mol. The maximum atomic E-state index is 14.2. The molecule has 0 bridgehead atoms. The molecular formula is C18H16F3N5O2. The Labute approximate surface area is 157 Å². The van der Waals surface area contributed by atoms with Gasteiger partial charge >= 0.3 is 0 Å². The molecule has 0 fully saturated rings. The lowest BCUT2D eigenvalue weighted by atomic mass is 10.2. The zero-order valence-electron chi connectivity index (χ0n) is 14.7. The molecule has 4 N–H and O–H groups in total. The molecule has 0 radical (unpaired) electrons. The lowest BCUT2D eigenvalue weighted by molar-refractivity contribution is 0.0976. The molecule has 0 saturated carbocycles. The first-order chi connectivity index (χ1) is 13.4. The molecule has 2 aromatic carbocycles. The first-order valence-corrected chi connectivity index (χ1v) is 8.34. The average Bonchev–Trinajstić information content (AvgIpc) is 3.10. The number of benzene rings is 2. The molecule has 0 atom stereocenters. The Morgan fingerprint density at radius 2 is 1.93 bits per heavy atom. The van der Waals surface area contributed by atoms with Gasteiger partial charge in [-0.1, -0.05) is 6.92 Å². The van der Waals surface area contributed by atoms with Crippen LogP contribution in [0.15, 0.2) is 35.3 Å². The van der Waals surface area contributed by atoms with Gasteiger partial charge in [0.25, 0.3) is 5.91 Å². The molecule has 0 aliphatic rings. The van der Waals surface area contributed by atoms with E-state index in [9.17, 15) is 23.1 Å². The predicted molar refractivity (Wildman–Crippen MR) is 97.8 cm³/mol. The quantitative estimate of drug-likeness (QED) is 0.405. The molecular weight excluding hydrogens is 375 g/mol. The van der Waals surface area contributed by atoms with Gasteiger partial charge in [-0.15, -0.1) is 0 Å². The van der Waals surface area contributed by atoms with Crippen molar-refractivity contribution < 1.29 is 23.1 Å². The van der Waals surface area contributed by atoms with E-state index in [-0.39, 0.29) is 34.0 Å². The van der Waals surface area contributed by atoms with Crippen LogP contribution in [0.4, 0.5) is 19.0 Å². The first-order valence-electron chi connectivity index (χ1n) is 8.34. The van der Waals surface area contributed by atoms with Crippen LogP contribution in [0.25, 0.3) is 10.9 Å². The van der Waals surface area contributed by atoms with Crippen LogP contribution in [0.1, 0.15) is 23.7 Å². The van der Waals surface area contributed by atoms with Gasteiger partial charge in [-0.25, -0.2) is 13.2 Å². The second-order valence-corrected chi connectivity index (χ2v) is 5.83. The Balaban J connectivity index is 1.88. The fraction of sp³-hybridized carbons (Fsp3) is 0.167. The van der Waals surface area contributed by atoms with E-state index in [1.54, 1.807) is 0 Å². The summed E-state index contributed by atoms with van der Waals surface area (Å²) in [5.41, 5.74) is -0.0510. The molecule has 3 aromatic rings. The van der Waals surface area contributed by atoms with Crippen molar-refractivity contribution in [3.63, 3.8) is 0 Å². The molecule has 0 unspecified atom stereocenters. The fourth-order valence-corrected chi connectivity index (χ4v) is 2.43. The van der Waals surface area contributed by atoms with Crippen molar-refractivity contribution in [2.45, 2.75) is 13.3 Å². The van der Waals surface area contributed by atoms with E-state index >= 15 is 0 Å². The van der Waals surface area contributed by atoms with Crippen molar-refractivity contribution >= 4 is 28.6 Å². The zero-order chi connectivity index (χ0) is 20.3. The second kappa shape index (κ2) is 7.99.